The molecular formula is C23H43NO4. The highest BCUT2D eigenvalue weighted by molar-refractivity contribution is 5.68. The molecule has 0 saturated carbocycles. The highest BCUT2D eigenvalue weighted by atomic mass is 16.6. The van der Waals surface area contributed by atoms with Crippen molar-refractivity contribution in [2.45, 2.75) is 110 Å². The number of carbonyl (C=O) groups excluding carboxylic acids is 1. The van der Waals surface area contributed by atoms with Crippen molar-refractivity contribution in [2.24, 2.45) is 0 Å². The SMILES string of the molecule is CCCCCC/C=C\CCCCC/C=C/[C@@H](O)[C@H](CO)NC(=O)OC(C)(C)C. The molecule has 5 nitrogen and oxygen atoms in total. The number of amides is 1. The lowest BCUT2D eigenvalue weighted by Crippen LogP contribution is -2.47. The van der Waals surface area contributed by atoms with Crippen molar-refractivity contribution in [1.82, 2.24) is 5.32 Å². The number of unbranched alkanes of at least 4 members (excludes halogenated alkanes) is 8. The monoisotopic (exact) mass is 397 g/mol. The lowest BCUT2D eigenvalue weighted by molar-refractivity contribution is 0.0405. The first-order valence-electron chi connectivity index (χ1n) is 10.9. The Morgan fingerprint density at radius 1 is 0.964 bits per heavy atom. The van der Waals surface area contributed by atoms with E-state index in [9.17, 15) is 15.0 Å². The second-order valence-corrected chi connectivity index (χ2v) is 8.31. The molecular weight excluding hydrogens is 354 g/mol. The van der Waals surface area contributed by atoms with E-state index in [1.165, 1.54) is 38.5 Å². The number of ether oxygens (including phenoxy) is 1. The smallest absolute Gasteiger partial charge is 0.408 e. The van der Waals surface area contributed by atoms with Gasteiger partial charge in [-0.05, 0) is 59.3 Å². The molecule has 3 N–H and O–H groups in total. The zero-order valence-electron chi connectivity index (χ0n) is 18.5. The summed E-state index contributed by atoms with van der Waals surface area (Å²) in [6.45, 7) is 7.17. The van der Waals surface area contributed by atoms with Crippen LogP contribution in [0.4, 0.5) is 4.79 Å². The van der Waals surface area contributed by atoms with Crippen molar-refractivity contribution in [3.63, 3.8) is 0 Å². The van der Waals surface area contributed by atoms with Crippen LogP contribution in [-0.2, 0) is 4.74 Å². The molecule has 0 aromatic heterocycles. The Morgan fingerprint density at radius 3 is 2.00 bits per heavy atom. The minimum atomic E-state index is -0.937. The molecule has 0 aliphatic carbocycles. The van der Waals surface area contributed by atoms with E-state index in [2.05, 4.69) is 24.4 Å². The average Bonchev–Trinajstić information content (AvgIpc) is 2.61. The third kappa shape index (κ3) is 16.8. The first kappa shape index (κ1) is 26.7. The van der Waals surface area contributed by atoms with Gasteiger partial charge in [-0.3, -0.25) is 0 Å². The van der Waals surface area contributed by atoms with Crippen molar-refractivity contribution in [3.8, 4) is 0 Å². The van der Waals surface area contributed by atoms with Crippen LogP contribution in [-0.4, -0.2) is 40.7 Å². The van der Waals surface area contributed by atoms with Crippen LogP contribution >= 0.6 is 0 Å². The Bertz CT molecular complexity index is 440. The van der Waals surface area contributed by atoms with E-state index in [0.29, 0.717) is 0 Å². The summed E-state index contributed by atoms with van der Waals surface area (Å²) in [4.78, 5) is 11.7. The standard InChI is InChI=1S/C23H43NO4/c1-5-6-7-8-9-10-11-12-13-14-15-16-17-18-21(26)20(19-25)24-22(27)28-23(2,3)4/h10-11,17-18,20-21,25-26H,5-9,12-16,19H2,1-4H3,(H,24,27)/b11-10-,18-17+/t20-,21+/m0/s1. The second kappa shape index (κ2) is 16.6. The number of aliphatic hydroxyl groups excluding tert-OH is 2. The molecule has 2 atom stereocenters. The van der Waals surface area contributed by atoms with Gasteiger partial charge in [0.25, 0.3) is 0 Å². The highest BCUT2D eigenvalue weighted by Gasteiger charge is 2.22. The number of aliphatic hydroxyl groups is 2. The van der Waals surface area contributed by atoms with E-state index in [1.54, 1.807) is 26.8 Å². The Morgan fingerprint density at radius 2 is 1.50 bits per heavy atom. The average molecular weight is 398 g/mol. The highest BCUT2D eigenvalue weighted by Crippen LogP contribution is 2.09. The number of rotatable bonds is 15. The largest absolute Gasteiger partial charge is 0.444 e. The van der Waals surface area contributed by atoms with E-state index < -0.39 is 23.8 Å². The third-order valence-corrected chi connectivity index (χ3v) is 4.28. The van der Waals surface area contributed by atoms with Crippen LogP contribution in [0.2, 0.25) is 0 Å². The molecule has 164 valence electrons. The normalized spacial score (nSPS) is 14.5. The maximum atomic E-state index is 11.7. The number of allylic oxidation sites excluding steroid dienone is 3. The molecule has 0 spiro atoms. The molecule has 0 radical (unpaired) electrons. The molecule has 0 heterocycles. The number of carbonyl (C=O) groups is 1. The fraction of sp³-hybridized carbons (Fsp3) is 0.783. The van der Waals surface area contributed by atoms with E-state index in [0.717, 1.165) is 25.7 Å². The van der Waals surface area contributed by atoms with Gasteiger partial charge in [-0.2, -0.15) is 0 Å². The maximum Gasteiger partial charge on any atom is 0.408 e. The van der Waals surface area contributed by atoms with Gasteiger partial charge in [-0.15, -0.1) is 0 Å². The van der Waals surface area contributed by atoms with Crippen LogP contribution in [0.3, 0.4) is 0 Å². The predicted octanol–water partition coefficient (Wildman–Crippen LogP) is 5.27. The van der Waals surface area contributed by atoms with Crippen LogP contribution in [0.1, 0.15) is 91.9 Å². The molecule has 5 heteroatoms. The second-order valence-electron chi connectivity index (χ2n) is 8.31. The lowest BCUT2D eigenvalue weighted by atomic mass is 10.1. The van der Waals surface area contributed by atoms with E-state index in [4.69, 9.17) is 4.74 Å². The number of hydrogen-bond acceptors (Lipinski definition) is 4. The fourth-order valence-corrected chi connectivity index (χ4v) is 2.69. The summed E-state index contributed by atoms with van der Waals surface area (Å²) in [6, 6.07) is -0.770. The van der Waals surface area contributed by atoms with Crippen LogP contribution in [0.25, 0.3) is 0 Å². The Labute approximate surface area is 172 Å². The van der Waals surface area contributed by atoms with E-state index in [1.807, 2.05) is 6.08 Å². The molecule has 28 heavy (non-hydrogen) atoms. The van der Waals surface area contributed by atoms with Crippen LogP contribution in [0.5, 0.6) is 0 Å². The van der Waals surface area contributed by atoms with E-state index >= 15 is 0 Å². The summed E-state index contributed by atoms with van der Waals surface area (Å²) in [5.41, 5.74) is -0.616. The number of alkyl carbamates (subject to hydrolysis) is 1. The summed E-state index contributed by atoms with van der Waals surface area (Å²) >= 11 is 0. The maximum absolute atomic E-state index is 11.7. The molecule has 0 aliphatic rings. The number of hydrogen-bond donors (Lipinski definition) is 3. The van der Waals surface area contributed by atoms with Gasteiger partial charge in [0.2, 0.25) is 0 Å². The molecule has 0 aromatic carbocycles. The number of nitrogens with one attached hydrogen (secondary N) is 1. The van der Waals surface area contributed by atoms with Crippen molar-refractivity contribution in [1.29, 1.82) is 0 Å². The summed E-state index contributed by atoms with van der Waals surface area (Å²) in [6.07, 6.45) is 18.4. The van der Waals surface area contributed by atoms with Crippen molar-refractivity contribution in [3.05, 3.63) is 24.3 Å². The van der Waals surface area contributed by atoms with Gasteiger partial charge < -0.3 is 20.3 Å². The molecule has 0 unspecified atom stereocenters. The Balaban J connectivity index is 3.84. The Kier molecular flexibility index (Phi) is 15.8. The molecule has 0 fully saturated rings. The quantitative estimate of drug-likeness (QED) is 0.260. The molecule has 0 aliphatic heterocycles. The van der Waals surface area contributed by atoms with Crippen LogP contribution < -0.4 is 5.32 Å². The van der Waals surface area contributed by atoms with Crippen molar-refractivity contribution in [2.75, 3.05) is 6.61 Å². The van der Waals surface area contributed by atoms with Crippen molar-refractivity contribution >= 4 is 6.09 Å². The van der Waals surface area contributed by atoms with Gasteiger partial charge in [-0.1, -0.05) is 56.9 Å². The van der Waals surface area contributed by atoms with Crippen LogP contribution in [0.15, 0.2) is 24.3 Å². The molecule has 0 aromatic rings. The third-order valence-electron chi connectivity index (χ3n) is 4.28. The molecule has 0 saturated heterocycles. The fourth-order valence-electron chi connectivity index (χ4n) is 2.69. The molecule has 1 amide bonds. The summed E-state index contributed by atoms with van der Waals surface area (Å²) in [7, 11) is 0. The minimum absolute atomic E-state index is 0.352. The van der Waals surface area contributed by atoms with Gasteiger partial charge in [0, 0.05) is 0 Å². The Hall–Kier alpha value is -1.33. The topological polar surface area (TPSA) is 78.8 Å². The summed E-state index contributed by atoms with van der Waals surface area (Å²) in [5, 5.41) is 22.0. The molecule has 0 bridgehead atoms. The first-order valence-corrected chi connectivity index (χ1v) is 10.9. The van der Waals surface area contributed by atoms with Gasteiger partial charge >= 0.3 is 6.09 Å². The zero-order valence-corrected chi connectivity index (χ0v) is 18.5. The van der Waals surface area contributed by atoms with Crippen LogP contribution in [0, 0.1) is 0 Å². The lowest BCUT2D eigenvalue weighted by Gasteiger charge is -2.24. The summed E-state index contributed by atoms with van der Waals surface area (Å²) < 4.78 is 5.14. The first-order chi connectivity index (χ1) is 13.3. The molecule has 0 rings (SSSR count). The van der Waals surface area contributed by atoms with E-state index in [-0.39, 0.29) is 6.61 Å². The van der Waals surface area contributed by atoms with Gasteiger partial charge in [0.15, 0.2) is 0 Å². The van der Waals surface area contributed by atoms with Crippen molar-refractivity contribution < 1.29 is 19.7 Å². The summed E-state index contributed by atoms with van der Waals surface area (Å²) in [5.74, 6) is 0. The zero-order chi connectivity index (χ0) is 21.3. The van der Waals surface area contributed by atoms with Gasteiger partial charge in [-0.25, -0.2) is 4.79 Å². The minimum Gasteiger partial charge on any atom is -0.444 e. The van der Waals surface area contributed by atoms with Gasteiger partial charge in [0.05, 0.1) is 18.8 Å². The van der Waals surface area contributed by atoms with Gasteiger partial charge in [0.1, 0.15) is 5.60 Å². The predicted molar refractivity (Wildman–Crippen MR) is 116 cm³/mol.